The molecule has 0 radical (unpaired) electrons. The van der Waals surface area contributed by atoms with E-state index in [0.717, 1.165) is 35.3 Å². The number of carbonyl (C=O) groups excluding carboxylic acids is 2. The molecule has 5 nitrogen and oxygen atoms in total. The van der Waals surface area contributed by atoms with Gasteiger partial charge in [0.1, 0.15) is 0 Å². The van der Waals surface area contributed by atoms with Crippen molar-refractivity contribution < 1.29 is 9.59 Å². The lowest BCUT2D eigenvalue weighted by molar-refractivity contribution is -0.115. The van der Waals surface area contributed by atoms with Gasteiger partial charge in [-0.1, -0.05) is 24.3 Å². The first kappa shape index (κ1) is 14.9. The predicted octanol–water partition coefficient (Wildman–Crippen LogP) is 2.02. The van der Waals surface area contributed by atoms with Crippen molar-refractivity contribution in [3.8, 4) is 11.1 Å². The second kappa shape index (κ2) is 5.76. The molecule has 2 amide bonds. The fourth-order valence-electron chi connectivity index (χ4n) is 3.38. The Hall–Kier alpha value is -2.66. The molecule has 1 saturated heterocycles. The van der Waals surface area contributed by atoms with Crippen LogP contribution in [0.25, 0.3) is 11.1 Å². The molecular formula is C19H19N3O2. The summed E-state index contributed by atoms with van der Waals surface area (Å²) in [6.07, 6.45) is 1.29. The van der Waals surface area contributed by atoms with Crippen LogP contribution in [0.3, 0.4) is 0 Å². The average molecular weight is 321 g/mol. The average Bonchev–Trinajstić information content (AvgIpc) is 3.18. The molecule has 122 valence electrons. The van der Waals surface area contributed by atoms with E-state index in [1.165, 1.54) is 0 Å². The van der Waals surface area contributed by atoms with Crippen LogP contribution in [0, 0.1) is 0 Å². The van der Waals surface area contributed by atoms with Gasteiger partial charge in [0.15, 0.2) is 0 Å². The molecule has 0 unspecified atom stereocenters. The number of nitrogens with zero attached hydrogens (tertiary/aromatic N) is 1. The summed E-state index contributed by atoms with van der Waals surface area (Å²) in [4.78, 5) is 25.9. The van der Waals surface area contributed by atoms with E-state index in [2.05, 4.69) is 5.32 Å². The lowest BCUT2D eigenvalue weighted by Gasteiger charge is -2.16. The number of nitrogens with one attached hydrogen (secondary N) is 1. The maximum absolute atomic E-state index is 12.6. The molecule has 2 heterocycles. The van der Waals surface area contributed by atoms with Crippen LogP contribution in [-0.4, -0.2) is 35.8 Å². The van der Waals surface area contributed by atoms with Crippen LogP contribution in [0.15, 0.2) is 42.5 Å². The highest BCUT2D eigenvalue weighted by atomic mass is 16.2. The predicted molar refractivity (Wildman–Crippen MR) is 92.7 cm³/mol. The van der Waals surface area contributed by atoms with E-state index in [1.54, 1.807) is 0 Å². The summed E-state index contributed by atoms with van der Waals surface area (Å²) in [6.45, 7) is 1.34. The maximum Gasteiger partial charge on any atom is 0.253 e. The van der Waals surface area contributed by atoms with E-state index >= 15 is 0 Å². The molecule has 0 bridgehead atoms. The number of likely N-dealkylation sites (tertiary alicyclic amines) is 1. The van der Waals surface area contributed by atoms with Gasteiger partial charge in [0, 0.05) is 30.4 Å². The molecule has 0 saturated carbocycles. The lowest BCUT2D eigenvalue weighted by Crippen LogP contribution is -2.31. The van der Waals surface area contributed by atoms with E-state index in [9.17, 15) is 9.59 Å². The Morgan fingerprint density at radius 1 is 1.17 bits per heavy atom. The van der Waals surface area contributed by atoms with E-state index in [0.29, 0.717) is 18.5 Å². The Balaban J connectivity index is 1.62. The third kappa shape index (κ3) is 2.67. The van der Waals surface area contributed by atoms with Crippen LogP contribution >= 0.6 is 0 Å². The van der Waals surface area contributed by atoms with Crippen LogP contribution in [0.5, 0.6) is 0 Å². The summed E-state index contributed by atoms with van der Waals surface area (Å²) in [5, 5.41) is 2.87. The van der Waals surface area contributed by atoms with Crippen LogP contribution < -0.4 is 11.1 Å². The van der Waals surface area contributed by atoms with Crippen LogP contribution in [0.1, 0.15) is 22.3 Å². The number of rotatable bonds is 2. The fourth-order valence-corrected chi connectivity index (χ4v) is 3.38. The molecule has 4 rings (SSSR count). The van der Waals surface area contributed by atoms with Crippen molar-refractivity contribution in [2.75, 3.05) is 18.4 Å². The van der Waals surface area contributed by atoms with Crippen molar-refractivity contribution in [2.45, 2.75) is 18.9 Å². The van der Waals surface area contributed by atoms with E-state index in [1.807, 2.05) is 47.4 Å². The number of carbonyl (C=O) groups is 2. The lowest BCUT2D eigenvalue weighted by atomic mass is 10.0. The molecule has 3 N–H and O–H groups in total. The quantitative estimate of drug-likeness (QED) is 0.888. The van der Waals surface area contributed by atoms with Gasteiger partial charge in [0.2, 0.25) is 5.91 Å². The molecule has 2 aromatic carbocycles. The summed E-state index contributed by atoms with van der Waals surface area (Å²) in [5.74, 6) is 0.0516. The summed E-state index contributed by atoms with van der Waals surface area (Å²) < 4.78 is 0. The van der Waals surface area contributed by atoms with Crippen molar-refractivity contribution >= 4 is 17.5 Å². The highest BCUT2D eigenvalue weighted by Gasteiger charge is 2.24. The Morgan fingerprint density at radius 2 is 2.00 bits per heavy atom. The maximum atomic E-state index is 12.6. The van der Waals surface area contributed by atoms with E-state index < -0.39 is 0 Å². The third-order valence-corrected chi connectivity index (χ3v) is 4.69. The summed E-state index contributed by atoms with van der Waals surface area (Å²) in [7, 11) is 0. The molecule has 2 aliphatic heterocycles. The van der Waals surface area contributed by atoms with Gasteiger partial charge in [-0.3, -0.25) is 9.59 Å². The van der Waals surface area contributed by atoms with Crippen molar-refractivity contribution in [3.63, 3.8) is 0 Å². The third-order valence-electron chi connectivity index (χ3n) is 4.69. The normalized spacial score (nSPS) is 19.3. The number of hydrogen-bond donors (Lipinski definition) is 2. The first-order chi connectivity index (χ1) is 11.6. The minimum absolute atomic E-state index is 0.0245. The van der Waals surface area contributed by atoms with Gasteiger partial charge in [0.05, 0.1) is 6.42 Å². The van der Waals surface area contributed by atoms with Gasteiger partial charge in [-0.15, -0.1) is 0 Å². The number of hydrogen-bond acceptors (Lipinski definition) is 3. The first-order valence-corrected chi connectivity index (χ1v) is 8.18. The monoisotopic (exact) mass is 321 g/mol. The number of nitrogens with two attached hydrogens (primary N) is 1. The zero-order chi connectivity index (χ0) is 16.7. The van der Waals surface area contributed by atoms with Crippen molar-refractivity contribution in [1.29, 1.82) is 0 Å². The number of benzene rings is 2. The first-order valence-electron chi connectivity index (χ1n) is 8.18. The highest BCUT2D eigenvalue weighted by Crippen LogP contribution is 2.30. The molecule has 0 spiro atoms. The Morgan fingerprint density at radius 3 is 2.79 bits per heavy atom. The minimum atomic E-state index is 0.0245. The van der Waals surface area contributed by atoms with Gasteiger partial charge in [-0.25, -0.2) is 0 Å². The largest absolute Gasteiger partial charge is 0.337 e. The zero-order valence-electron chi connectivity index (χ0n) is 13.3. The van der Waals surface area contributed by atoms with Gasteiger partial charge in [-0.2, -0.15) is 0 Å². The molecule has 2 aliphatic rings. The van der Waals surface area contributed by atoms with Gasteiger partial charge >= 0.3 is 0 Å². The smallest absolute Gasteiger partial charge is 0.253 e. The van der Waals surface area contributed by atoms with Gasteiger partial charge < -0.3 is 16.0 Å². The number of anilines is 1. The van der Waals surface area contributed by atoms with Crippen LogP contribution in [0.2, 0.25) is 0 Å². The summed E-state index contributed by atoms with van der Waals surface area (Å²) >= 11 is 0. The molecule has 5 heteroatoms. The highest BCUT2D eigenvalue weighted by molar-refractivity contribution is 6.00. The van der Waals surface area contributed by atoms with Crippen molar-refractivity contribution in [2.24, 2.45) is 5.73 Å². The van der Waals surface area contributed by atoms with Crippen molar-refractivity contribution in [3.05, 3.63) is 53.6 Å². The second-order valence-corrected chi connectivity index (χ2v) is 6.48. The number of fused-ring (bicyclic) bond motifs is 1. The molecule has 2 aromatic rings. The molecule has 0 aromatic heterocycles. The number of amides is 2. The Kier molecular flexibility index (Phi) is 3.58. The SMILES string of the molecule is N[C@@H]1CCN(C(=O)c2cccc(-c3ccc4c(c3)NC(=O)C4)c2)C1. The topological polar surface area (TPSA) is 75.4 Å². The second-order valence-electron chi connectivity index (χ2n) is 6.48. The van der Waals surface area contributed by atoms with Crippen molar-refractivity contribution in [1.82, 2.24) is 4.90 Å². The van der Waals surface area contributed by atoms with Gasteiger partial charge in [-0.05, 0) is 41.3 Å². The molecule has 24 heavy (non-hydrogen) atoms. The summed E-state index contributed by atoms with van der Waals surface area (Å²) in [6, 6.07) is 13.6. The standard InChI is InChI=1S/C19H19N3O2/c20-16-6-7-22(11-16)19(24)15-3-1-2-12(8-15)13-4-5-14-10-18(23)21-17(14)9-13/h1-5,8-9,16H,6-7,10-11,20H2,(H,21,23)/t16-/m1/s1. The van der Waals surface area contributed by atoms with Gasteiger partial charge in [0.25, 0.3) is 5.91 Å². The molecule has 1 fully saturated rings. The van der Waals surface area contributed by atoms with E-state index in [-0.39, 0.29) is 17.9 Å². The molecule has 1 atom stereocenters. The summed E-state index contributed by atoms with van der Waals surface area (Å²) in [5.41, 5.74) is 10.4. The Labute approximate surface area is 140 Å². The molecule has 0 aliphatic carbocycles. The molecular weight excluding hydrogens is 302 g/mol. The minimum Gasteiger partial charge on any atom is -0.337 e. The zero-order valence-corrected chi connectivity index (χ0v) is 13.3. The van der Waals surface area contributed by atoms with Crippen LogP contribution in [-0.2, 0) is 11.2 Å². The van der Waals surface area contributed by atoms with Crippen LogP contribution in [0.4, 0.5) is 5.69 Å². The fraction of sp³-hybridized carbons (Fsp3) is 0.263. The Bertz CT molecular complexity index is 831. The van der Waals surface area contributed by atoms with E-state index in [4.69, 9.17) is 5.73 Å².